The maximum absolute atomic E-state index is 12.0. The monoisotopic (exact) mass is 311 g/mol. The van der Waals surface area contributed by atoms with Gasteiger partial charge in [-0.15, -0.1) is 0 Å². The van der Waals surface area contributed by atoms with E-state index in [4.69, 9.17) is 16.0 Å². The van der Waals surface area contributed by atoms with Gasteiger partial charge in [0.05, 0.1) is 12.5 Å². The largest absolute Gasteiger partial charge is 0.472 e. The summed E-state index contributed by atoms with van der Waals surface area (Å²) in [6.45, 7) is 0.469. The fourth-order valence-electron chi connectivity index (χ4n) is 2.16. The van der Waals surface area contributed by atoms with Gasteiger partial charge >= 0.3 is 0 Å². The average Bonchev–Trinajstić information content (AvgIpc) is 3.07. The fraction of sp³-hybridized carbons (Fsp3) is 0.0556. The predicted octanol–water partition coefficient (Wildman–Crippen LogP) is 4.53. The van der Waals surface area contributed by atoms with E-state index in [9.17, 15) is 4.79 Å². The van der Waals surface area contributed by atoms with Crippen molar-refractivity contribution in [3.8, 4) is 11.1 Å². The molecule has 0 bridgehead atoms. The Morgan fingerprint density at radius 2 is 1.86 bits per heavy atom. The van der Waals surface area contributed by atoms with Crippen LogP contribution in [0.3, 0.4) is 0 Å². The molecule has 1 heterocycles. The molecule has 3 nitrogen and oxygen atoms in total. The molecule has 0 aliphatic carbocycles. The van der Waals surface area contributed by atoms with Gasteiger partial charge in [0.2, 0.25) is 0 Å². The zero-order valence-electron chi connectivity index (χ0n) is 11.8. The molecule has 110 valence electrons. The zero-order valence-corrected chi connectivity index (χ0v) is 12.5. The number of hydrogen-bond donors (Lipinski definition) is 1. The number of rotatable bonds is 4. The second-order valence-electron chi connectivity index (χ2n) is 4.90. The number of nitrogens with one attached hydrogen (secondary N) is 1. The molecule has 0 saturated heterocycles. The van der Waals surface area contributed by atoms with Crippen LogP contribution in [0.1, 0.15) is 15.9 Å². The van der Waals surface area contributed by atoms with Crippen LogP contribution in [0.4, 0.5) is 0 Å². The smallest absolute Gasteiger partial charge is 0.251 e. The molecule has 0 radical (unpaired) electrons. The lowest BCUT2D eigenvalue weighted by atomic mass is 10.1. The van der Waals surface area contributed by atoms with Gasteiger partial charge in [-0.25, -0.2) is 0 Å². The summed E-state index contributed by atoms with van der Waals surface area (Å²) in [5.74, 6) is -0.138. The Morgan fingerprint density at radius 3 is 2.55 bits per heavy atom. The highest BCUT2D eigenvalue weighted by atomic mass is 35.5. The lowest BCUT2D eigenvalue weighted by molar-refractivity contribution is 0.0951. The van der Waals surface area contributed by atoms with E-state index in [0.29, 0.717) is 17.1 Å². The third kappa shape index (κ3) is 3.38. The number of furan rings is 1. The minimum absolute atomic E-state index is 0.138. The predicted molar refractivity (Wildman–Crippen MR) is 86.8 cm³/mol. The van der Waals surface area contributed by atoms with Gasteiger partial charge < -0.3 is 9.73 Å². The first-order chi connectivity index (χ1) is 10.7. The summed E-state index contributed by atoms with van der Waals surface area (Å²) in [5.41, 5.74) is 3.71. The van der Waals surface area contributed by atoms with Gasteiger partial charge in [-0.3, -0.25) is 4.79 Å². The van der Waals surface area contributed by atoms with E-state index in [0.717, 1.165) is 16.7 Å². The summed E-state index contributed by atoms with van der Waals surface area (Å²) in [5, 5.41) is 3.43. The van der Waals surface area contributed by atoms with Crippen LogP contribution in [0, 0.1) is 0 Å². The average molecular weight is 312 g/mol. The Morgan fingerprint density at radius 1 is 1.05 bits per heavy atom. The van der Waals surface area contributed by atoms with E-state index < -0.39 is 0 Å². The molecule has 0 aliphatic rings. The molecule has 0 spiro atoms. The molecule has 0 atom stereocenters. The molecule has 4 heteroatoms. The molecule has 2 aromatic carbocycles. The first kappa shape index (κ1) is 14.4. The molecule has 0 unspecified atom stereocenters. The van der Waals surface area contributed by atoms with E-state index in [-0.39, 0.29) is 5.91 Å². The highest BCUT2D eigenvalue weighted by Crippen LogP contribution is 2.20. The number of carbonyl (C=O) groups is 1. The Bertz CT molecular complexity index is 764. The Labute approximate surface area is 133 Å². The second-order valence-corrected chi connectivity index (χ2v) is 5.34. The SMILES string of the molecule is O=C(NCc1ccc(-c2ccoc2)cc1)c1cccc(Cl)c1. The number of carbonyl (C=O) groups excluding carboxylic acids is 1. The molecule has 1 aromatic heterocycles. The maximum Gasteiger partial charge on any atom is 0.251 e. The number of amides is 1. The van der Waals surface area contributed by atoms with Crippen LogP contribution in [0.2, 0.25) is 5.02 Å². The normalized spacial score (nSPS) is 10.4. The van der Waals surface area contributed by atoms with Gasteiger partial charge in [-0.1, -0.05) is 41.9 Å². The lowest BCUT2D eigenvalue weighted by Crippen LogP contribution is -2.22. The van der Waals surface area contributed by atoms with Crippen LogP contribution in [-0.2, 0) is 6.54 Å². The molecule has 0 fully saturated rings. The Balaban J connectivity index is 1.63. The lowest BCUT2D eigenvalue weighted by Gasteiger charge is -2.06. The van der Waals surface area contributed by atoms with E-state index >= 15 is 0 Å². The van der Waals surface area contributed by atoms with Gasteiger partial charge in [0, 0.05) is 22.7 Å². The van der Waals surface area contributed by atoms with Crippen LogP contribution < -0.4 is 5.32 Å². The van der Waals surface area contributed by atoms with E-state index in [1.165, 1.54) is 0 Å². The standard InChI is InChI=1S/C18H14ClNO2/c19-17-3-1-2-15(10-17)18(21)20-11-13-4-6-14(7-5-13)16-8-9-22-12-16/h1-10,12H,11H2,(H,20,21). The van der Waals surface area contributed by atoms with Crippen LogP contribution >= 0.6 is 11.6 Å². The van der Waals surface area contributed by atoms with Crippen LogP contribution in [0.25, 0.3) is 11.1 Å². The molecule has 1 N–H and O–H groups in total. The van der Waals surface area contributed by atoms with Crippen molar-refractivity contribution in [2.75, 3.05) is 0 Å². The minimum Gasteiger partial charge on any atom is -0.472 e. The molecule has 3 rings (SSSR count). The summed E-state index contributed by atoms with van der Waals surface area (Å²) in [4.78, 5) is 12.0. The van der Waals surface area contributed by atoms with E-state index in [1.54, 1.807) is 36.8 Å². The summed E-state index contributed by atoms with van der Waals surface area (Å²) >= 11 is 5.88. The van der Waals surface area contributed by atoms with Crippen molar-refractivity contribution in [3.05, 3.63) is 83.3 Å². The highest BCUT2D eigenvalue weighted by Gasteiger charge is 2.06. The topological polar surface area (TPSA) is 42.2 Å². The van der Waals surface area contributed by atoms with Crippen LogP contribution in [-0.4, -0.2) is 5.91 Å². The summed E-state index contributed by atoms with van der Waals surface area (Å²) < 4.78 is 5.07. The molecule has 1 amide bonds. The molecule has 0 aliphatic heterocycles. The van der Waals surface area contributed by atoms with E-state index in [1.807, 2.05) is 30.3 Å². The van der Waals surface area contributed by atoms with Gasteiger partial charge in [0.15, 0.2) is 0 Å². The highest BCUT2D eigenvalue weighted by molar-refractivity contribution is 6.30. The fourth-order valence-corrected chi connectivity index (χ4v) is 2.35. The Kier molecular flexibility index (Phi) is 4.26. The number of hydrogen-bond acceptors (Lipinski definition) is 2. The van der Waals surface area contributed by atoms with Gasteiger partial charge in [0.1, 0.15) is 0 Å². The van der Waals surface area contributed by atoms with E-state index in [2.05, 4.69) is 5.32 Å². The summed E-state index contributed by atoms with van der Waals surface area (Å²) in [6.07, 6.45) is 3.35. The van der Waals surface area contributed by atoms with Crippen molar-refractivity contribution >= 4 is 17.5 Å². The van der Waals surface area contributed by atoms with Crippen molar-refractivity contribution in [1.29, 1.82) is 0 Å². The minimum atomic E-state index is -0.138. The van der Waals surface area contributed by atoms with Gasteiger partial charge in [-0.2, -0.15) is 0 Å². The van der Waals surface area contributed by atoms with Crippen molar-refractivity contribution < 1.29 is 9.21 Å². The van der Waals surface area contributed by atoms with Crippen molar-refractivity contribution in [2.45, 2.75) is 6.54 Å². The molecule has 0 saturated carbocycles. The Hall–Kier alpha value is -2.52. The molecular weight excluding hydrogens is 298 g/mol. The quantitative estimate of drug-likeness (QED) is 0.769. The van der Waals surface area contributed by atoms with Gasteiger partial charge in [0.25, 0.3) is 5.91 Å². The van der Waals surface area contributed by atoms with Crippen LogP contribution in [0.5, 0.6) is 0 Å². The maximum atomic E-state index is 12.0. The second kappa shape index (κ2) is 6.50. The first-order valence-electron chi connectivity index (χ1n) is 6.88. The van der Waals surface area contributed by atoms with Gasteiger partial charge in [-0.05, 0) is 35.4 Å². The van der Waals surface area contributed by atoms with Crippen LogP contribution in [0.15, 0.2) is 71.5 Å². The number of benzene rings is 2. The molecular formula is C18H14ClNO2. The summed E-state index contributed by atoms with van der Waals surface area (Å²) in [6, 6.07) is 16.8. The van der Waals surface area contributed by atoms with Crippen molar-refractivity contribution in [3.63, 3.8) is 0 Å². The molecule has 3 aromatic rings. The third-order valence-corrected chi connectivity index (χ3v) is 3.58. The van der Waals surface area contributed by atoms with Crippen molar-refractivity contribution in [1.82, 2.24) is 5.32 Å². The number of halogens is 1. The third-order valence-electron chi connectivity index (χ3n) is 3.35. The summed E-state index contributed by atoms with van der Waals surface area (Å²) in [7, 11) is 0. The molecule has 22 heavy (non-hydrogen) atoms. The van der Waals surface area contributed by atoms with Crippen molar-refractivity contribution in [2.24, 2.45) is 0 Å². The zero-order chi connectivity index (χ0) is 15.4. The first-order valence-corrected chi connectivity index (χ1v) is 7.25.